The molecule has 0 N–H and O–H groups in total. The highest BCUT2D eigenvalue weighted by Crippen LogP contribution is 2.53. The van der Waals surface area contributed by atoms with E-state index in [1.165, 1.54) is 17.4 Å². The minimum Gasteiger partial charge on any atom is -0.345 e. The van der Waals surface area contributed by atoms with Crippen LogP contribution in [0, 0.1) is 28.4 Å². The molecule has 0 aliphatic heterocycles. The van der Waals surface area contributed by atoms with Crippen molar-refractivity contribution in [2.45, 2.75) is 6.92 Å². The molecule has 8 rings (SSSR count). The van der Waals surface area contributed by atoms with E-state index < -0.39 is 0 Å². The molecular formula is C51H40N5O2S+. The number of hydrogen-bond acceptors (Lipinski definition) is 6. The van der Waals surface area contributed by atoms with Crippen LogP contribution in [-0.4, -0.2) is 29.3 Å². The van der Waals surface area contributed by atoms with E-state index in [9.17, 15) is 15.4 Å². The van der Waals surface area contributed by atoms with Crippen LogP contribution >= 0.6 is 11.3 Å². The zero-order valence-corrected chi connectivity index (χ0v) is 33.7. The Balaban J connectivity index is 1.41. The summed E-state index contributed by atoms with van der Waals surface area (Å²) in [6.07, 6.45) is 8.51. The zero-order valence-electron chi connectivity index (χ0n) is 32.9. The van der Waals surface area contributed by atoms with Gasteiger partial charge in [-0.2, -0.15) is 9.84 Å². The van der Waals surface area contributed by atoms with Crippen molar-refractivity contribution in [1.82, 2.24) is 0 Å². The van der Waals surface area contributed by atoms with Crippen LogP contribution in [0.2, 0.25) is 0 Å². The third-order valence-corrected chi connectivity index (χ3v) is 11.7. The Morgan fingerprint density at radius 1 is 0.678 bits per heavy atom. The van der Waals surface area contributed by atoms with Gasteiger partial charge in [-0.3, -0.25) is 15.0 Å². The fourth-order valence-corrected chi connectivity index (χ4v) is 8.83. The van der Waals surface area contributed by atoms with Crippen LogP contribution in [-0.2, 0) is 0 Å². The van der Waals surface area contributed by atoms with Gasteiger partial charge < -0.3 is 4.90 Å². The molecule has 0 spiro atoms. The van der Waals surface area contributed by atoms with Gasteiger partial charge in [0.05, 0.1) is 16.2 Å². The number of nitro groups is 1. The summed E-state index contributed by atoms with van der Waals surface area (Å²) < 4.78 is 2.15. The van der Waals surface area contributed by atoms with Gasteiger partial charge in [0.1, 0.15) is 23.8 Å². The van der Waals surface area contributed by atoms with E-state index in [0.717, 1.165) is 66.7 Å². The van der Waals surface area contributed by atoms with Crippen LogP contribution in [0.1, 0.15) is 21.6 Å². The highest BCUT2D eigenvalue weighted by atomic mass is 32.1. The molecule has 0 saturated carbocycles. The predicted molar refractivity (Wildman–Crippen MR) is 243 cm³/mol. The Kier molecular flexibility index (Phi) is 10.9. The second-order valence-corrected chi connectivity index (χ2v) is 15.1. The van der Waals surface area contributed by atoms with E-state index in [2.05, 4.69) is 102 Å². The van der Waals surface area contributed by atoms with Crippen LogP contribution in [0.15, 0.2) is 194 Å². The Labute approximate surface area is 348 Å². The highest BCUT2D eigenvalue weighted by molar-refractivity contribution is 7.18. The molecule has 8 heteroatoms. The lowest BCUT2D eigenvalue weighted by Gasteiger charge is -2.25. The van der Waals surface area contributed by atoms with Crippen molar-refractivity contribution in [3.63, 3.8) is 0 Å². The number of aryl methyl sites for hydroxylation is 1. The molecule has 7 aromatic rings. The molecular weight excluding hydrogens is 747 g/mol. The molecule has 1 aliphatic carbocycles. The van der Waals surface area contributed by atoms with E-state index in [1.54, 1.807) is 18.2 Å². The molecule has 0 bridgehead atoms. The number of nitro benzene ring substituents is 1. The summed E-state index contributed by atoms with van der Waals surface area (Å²) in [6, 6.07) is 56.0. The topological polar surface area (TPSA) is 76.4 Å². The van der Waals surface area contributed by atoms with E-state index in [4.69, 9.17) is 0 Å². The van der Waals surface area contributed by atoms with Crippen LogP contribution < -0.4 is 9.80 Å². The number of anilines is 5. The van der Waals surface area contributed by atoms with Gasteiger partial charge in [0.25, 0.3) is 5.69 Å². The summed E-state index contributed by atoms with van der Waals surface area (Å²) in [4.78, 5) is 17.2. The van der Waals surface area contributed by atoms with E-state index >= 15 is 0 Å². The monoisotopic (exact) mass is 786 g/mol. The number of nitriles is 1. The minimum absolute atomic E-state index is 0.0590. The summed E-state index contributed by atoms with van der Waals surface area (Å²) in [7, 11) is 4.11. The second kappa shape index (κ2) is 16.9. The van der Waals surface area contributed by atoms with E-state index in [1.807, 2.05) is 103 Å². The molecule has 0 atom stereocenters. The van der Waals surface area contributed by atoms with Crippen molar-refractivity contribution >= 4 is 61.7 Å². The summed E-state index contributed by atoms with van der Waals surface area (Å²) in [5, 5.41) is 24.5. The summed E-state index contributed by atoms with van der Waals surface area (Å²) in [5.41, 5.74) is 11.1. The molecule has 0 saturated heterocycles. The molecule has 1 aromatic heterocycles. The van der Waals surface area contributed by atoms with Crippen molar-refractivity contribution in [2.75, 3.05) is 23.9 Å². The molecule has 1 heterocycles. The number of allylic oxidation sites excluding steroid dienone is 5. The van der Waals surface area contributed by atoms with Gasteiger partial charge in [-0.15, -0.1) is 11.3 Å². The molecule has 0 unspecified atom stereocenters. The summed E-state index contributed by atoms with van der Waals surface area (Å²) in [6.45, 7) is 1.98. The van der Waals surface area contributed by atoms with Crippen molar-refractivity contribution in [2.24, 2.45) is 0 Å². The van der Waals surface area contributed by atoms with Gasteiger partial charge in [-0.1, -0.05) is 109 Å². The van der Waals surface area contributed by atoms with Gasteiger partial charge in [0.2, 0.25) is 11.4 Å². The number of thiophene rings is 1. The van der Waals surface area contributed by atoms with E-state index in [-0.39, 0.29) is 10.6 Å². The van der Waals surface area contributed by atoms with Gasteiger partial charge in [0.15, 0.2) is 0 Å². The average molecular weight is 787 g/mol. The first-order valence-electron chi connectivity index (χ1n) is 19.2. The van der Waals surface area contributed by atoms with Crippen LogP contribution in [0.5, 0.6) is 0 Å². The largest absolute Gasteiger partial charge is 0.345 e. The molecule has 59 heavy (non-hydrogen) atoms. The number of benzene rings is 6. The predicted octanol–water partition coefficient (Wildman–Crippen LogP) is 13.1. The van der Waals surface area contributed by atoms with Crippen molar-refractivity contribution in [1.29, 1.82) is 5.26 Å². The standard InChI is InChI=1S/C51H40N5O2S/c1-36-17-13-14-24-45(36)55(46-25-15-16-26-47(46)56(57)58)51-44(35-52)49(37-18-7-4-8-19-37)50(59-51)48(38-27-31-42(32-28-38)53(2)40-20-9-5-10-21-40)39-29-33-43(34-30-39)54(3)41-22-11-6-12-23-41/h4-34H,1-3H3/q+1. The van der Waals surface area contributed by atoms with Crippen molar-refractivity contribution < 1.29 is 9.50 Å². The first-order chi connectivity index (χ1) is 28.8. The molecule has 0 amide bonds. The molecule has 6 aromatic carbocycles. The summed E-state index contributed by atoms with van der Waals surface area (Å²) in [5.74, 6) is 0. The third kappa shape index (κ3) is 7.63. The van der Waals surface area contributed by atoms with E-state index in [0.29, 0.717) is 16.3 Å². The van der Waals surface area contributed by atoms with Crippen molar-refractivity contribution in [3.05, 3.63) is 225 Å². The van der Waals surface area contributed by atoms with Gasteiger partial charge in [-0.25, -0.2) is 0 Å². The second-order valence-electron chi connectivity index (χ2n) is 14.1. The fraction of sp³-hybridized carbons (Fsp3) is 0.0588. The average Bonchev–Trinajstić information content (AvgIpc) is 3.66. The molecule has 0 fully saturated rings. The normalized spacial score (nSPS) is 11.9. The number of hydrogen-bond donors (Lipinski definition) is 0. The fourth-order valence-electron chi connectivity index (χ4n) is 7.44. The Morgan fingerprint density at radius 3 is 1.86 bits per heavy atom. The smallest absolute Gasteiger partial charge is 0.293 e. The summed E-state index contributed by atoms with van der Waals surface area (Å²) >= 11 is 1.47. The maximum atomic E-state index is 12.6. The first-order valence-corrected chi connectivity index (χ1v) is 20.0. The number of nitrogens with zero attached hydrogens (tertiary/aromatic N) is 5. The van der Waals surface area contributed by atoms with Crippen LogP contribution in [0.3, 0.4) is 0 Å². The third-order valence-electron chi connectivity index (χ3n) is 10.5. The number of rotatable bonds is 10. The van der Waals surface area contributed by atoms with Gasteiger partial charge >= 0.3 is 0 Å². The Hall–Kier alpha value is -7.60. The first kappa shape index (κ1) is 38.3. The van der Waals surface area contributed by atoms with Crippen molar-refractivity contribution in [3.8, 4) is 17.2 Å². The highest BCUT2D eigenvalue weighted by Gasteiger charge is 2.32. The van der Waals surface area contributed by atoms with Crippen LogP contribution in [0.25, 0.3) is 16.7 Å². The van der Waals surface area contributed by atoms with Crippen LogP contribution in [0.4, 0.5) is 39.1 Å². The molecule has 7 nitrogen and oxygen atoms in total. The maximum Gasteiger partial charge on any atom is 0.293 e. The minimum atomic E-state index is -0.362. The SMILES string of the molecule is Cc1ccccc1N(c1ccccc1[N+](=O)[O-])c1sc(C(=C2C=CC(=[N+](C)c3ccccc3)C=C2)c2ccc(N(C)c3ccccc3)cc2)c(-c2ccccc2)c1C#N. The lowest BCUT2D eigenvalue weighted by atomic mass is 9.90. The Bertz CT molecular complexity index is 2820. The molecule has 1 aliphatic rings. The maximum absolute atomic E-state index is 12.6. The quantitative estimate of drug-likeness (QED) is 0.0784. The lowest BCUT2D eigenvalue weighted by Crippen LogP contribution is -2.13. The Morgan fingerprint density at radius 2 is 1.24 bits per heavy atom. The van der Waals surface area contributed by atoms with Gasteiger partial charge in [0, 0.05) is 64.8 Å². The lowest BCUT2D eigenvalue weighted by molar-refractivity contribution is -0.403. The molecule has 286 valence electrons. The zero-order chi connectivity index (χ0) is 40.9. The van der Waals surface area contributed by atoms with Gasteiger partial charge in [-0.05, 0) is 77.7 Å². The molecule has 0 radical (unpaired) electrons. The number of para-hydroxylation sites is 5.